The molecule has 842 valence electrons. The average molecular weight is 2090 g/mol. The lowest BCUT2D eigenvalue weighted by Gasteiger charge is -2.42. The van der Waals surface area contributed by atoms with Crippen LogP contribution in [0.15, 0.2) is 30.3 Å². The summed E-state index contributed by atoms with van der Waals surface area (Å²) in [5.41, 5.74) is 5.68. The van der Waals surface area contributed by atoms with Crippen molar-refractivity contribution in [3.63, 3.8) is 0 Å². The Morgan fingerprint density at radius 3 is 0.893 bits per heavy atom. The van der Waals surface area contributed by atoms with Crippen LogP contribution in [0.3, 0.4) is 0 Å². The highest BCUT2D eigenvalue weighted by molar-refractivity contribution is 5.90. The summed E-state index contributed by atoms with van der Waals surface area (Å²) in [4.78, 5) is 195. The van der Waals surface area contributed by atoms with Crippen LogP contribution in [-0.2, 0) is 67.9 Å². The Labute approximate surface area is 890 Å². The first-order valence-electron chi connectivity index (χ1n) is 57.5. The Bertz CT molecular complexity index is 4270. The molecule has 1 aromatic carbocycles. The van der Waals surface area contributed by atoms with Crippen molar-refractivity contribution in [2.45, 2.75) is 311 Å². The van der Waals surface area contributed by atoms with E-state index < -0.39 is 11.6 Å². The third kappa shape index (κ3) is 37.3. The molecule has 0 aliphatic carbocycles. The van der Waals surface area contributed by atoms with Crippen LogP contribution in [0.1, 0.15) is 256 Å². The summed E-state index contributed by atoms with van der Waals surface area (Å²) in [7, 11) is 22.1. The van der Waals surface area contributed by atoms with Crippen LogP contribution in [0.4, 0.5) is 0 Å². The third-order valence-corrected chi connectivity index (χ3v) is 35.3. The van der Waals surface area contributed by atoms with Gasteiger partial charge in [-0.1, -0.05) is 30.3 Å². The number of aliphatic hydroxyl groups excluding tert-OH is 2. The number of nitrogens with two attached hydrogens (primary N) is 1. The predicted molar refractivity (Wildman–Crippen MR) is 575 cm³/mol. The molecule has 6 atom stereocenters. The molecular formula is C112H192N20O17. The second-order valence-corrected chi connectivity index (χ2v) is 46.8. The number of hydrogen-bond donors (Lipinski definition) is 6. The van der Waals surface area contributed by atoms with Crippen LogP contribution < -0.4 is 11.1 Å². The number of carbonyl (C=O) groups is 13. The lowest BCUT2D eigenvalue weighted by Crippen LogP contribution is -2.55. The van der Waals surface area contributed by atoms with Crippen molar-refractivity contribution < 1.29 is 82.8 Å². The zero-order chi connectivity index (χ0) is 108. The van der Waals surface area contributed by atoms with Crippen LogP contribution >= 0.6 is 0 Å². The number of aliphatic carboxylic acids is 1. The first-order valence-corrected chi connectivity index (χ1v) is 57.5. The summed E-state index contributed by atoms with van der Waals surface area (Å²) in [5.74, 6) is -0.649. The fraction of sp³-hybridized carbons (Fsp3) is 0.830. The normalized spacial score (nSPS) is 26.9. The predicted octanol–water partition coefficient (Wildman–Crippen LogP) is 5.54. The molecule has 17 heterocycles. The molecule has 12 amide bonds. The van der Waals surface area contributed by atoms with Crippen LogP contribution in [0.25, 0.3) is 0 Å². The molecule has 18 rings (SSSR count). The zero-order valence-corrected chi connectivity index (χ0v) is 92.9. The first kappa shape index (κ1) is 121. The van der Waals surface area contributed by atoms with Gasteiger partial charge in [-0.2, -0.15) is 0 Å². The van der Waals surface area contributed by atoms with E-state index in [0.717, 1.165) is 336 Å². The molecule has 6 unspecified atom stereocenters. The van der Waals surface area contributed by atoms with Gasteiger partial charge in [0.25, 0.3) is 0 Å². The van der Waals surface area contributed by atoms with E-state index in [0.29, 0.717) is 113 Å². The van der Waals surface area contributed by atoms with Crippen LogP contribution in [0.5, 0.6) is 0 Å². The summed E-state index contributed by atoms with van der Waals surface area (Å²) in [6, 6.07) is 12.7. The van der Waals surface area contributed by atoms with E-state index in [1.54, 1.807) is 30.9 Å². The maximum absolute atomic E-state index is 12.9. The Kier molecular flexibility index (Phi) is 49.3. The molecule has 0 spiro atoms. The molecule has 37 heteroatoms. The molecule has 17 aliphatic heterocycles. The number of primary amides is 1. The quantitative estimate of drug-likeness (QED) is 0.0933. The van der Waals surface area contributed by atoms with E-state index in [9.17, 15) is 77.6 Å². The number of carbonyl (C=O) groups excluding carboxylic acids is 12. The van der Waals surface area contributed by atoms with E-state index in [1.807, 2.05) is 54.8 Å². The second kappa shape index (κ2) is 60.7. The SMILES string of the molecule is CN1CCC(N2CCCC(CC(=O)N(C)C)C2=O)CC1.CN1CCC(N2CCCC(CC(=O)N3CC(O)C3)C2=O)CC1.CN1CCC(N2CCCC(CC(=O)N3CCC(O)CC3)C2=O)CC1.CN1CCC(N2CCCC(CC(=O)O)C2=O)CC1.CN1CCC(N2CCCC(CC(N)=O)C2=O)CC1.CN1CCC(N2CCCCC2=O)CC1.CN1CCC(O)(c2ccccc2)CC1.CNC(=O)CC1CCCN(C2CCN(C)CC2)C1=O. The number of benzene rings is 1. The molecule has 149 heavy (non-hydrogen) atoms. The largest absolute Gasteiger partial charge is 0.481 e. The van der Waals surface area contributed by atoms with Gasteiger partial charge in [0, 0.05) is 223 Å². The standard InChI is InChI=1S/C18H31N3O3.C16H27N3O3.C15H27N3O2.C14H25N3O2.C13H23N3O2.C13H22N2O3.C12H17NO.C11H20N2O/c1-19-9-4-15(5-10-19)21-8-2-3-14(18(21)24)13-17(23)20-11-6-16(22)7-12-20;1-17-7-4-13(5-8-17)19-6-2-3-12(16(19)22)9-15(21)18-10-14(20)11-18;1-16(2)14(19)11-12-5-4-8-18(15(12)20)13-6-9-17(3)10-7-13;1-15-13(18)10-11-4-3-7-17(14(11)19)12-5-8-16(2)9-6-12;1-15-7-4-11(5-8-15)16-6-2-3-10(13(16)18)9-12(14)17;1-14-7-4-11(5-8-14)15-6-2-3-10(13(15)18)9-12(16)17;1-13-9-7-12(14,8-10-13)11-5-3-2-4-6-11;1-12-8-5-10(6-9-12)13-7-3-2-4-11(13)14/h14-16,22H,2-13H2,1H3;12-14,20H,2-11H2,1H3;12-13H,4-11H2,1-3H3;11-12H,3-10H2,1-2H3,(H,15,18);10-11H,2-9H2,1H3,(H2,14,17);10-11H,2-9H2,1H3,(H,16,17);2-6,14H,7-10H2,1H3;10H,2-9H2,1H3. The van der Waals surface area contributed by atoms with Crippen LogP contribution in [-0.4, -0.2) is 494 Å². The second-order valence-electron chi connectivity index (χ2n) is 46.8. The average Bonchev–Trinajstić information content (AvgIpc) is 0.826. The summed E-state index contributed by atoms with van der Waals surface area (Å²) in [6.07, 6.45) is 32.8. The number of β-amino-alcohol motifs (C(OH)–C–C–N with tert-alkyl or cyclic N) is 1. The molecule has 17 aliphatic rings. The highest BCUT2D eigenvalue weighted by Gasteiger charge is 2.45. The Hall–Kier alpha value is -8.11. The van der Waals surface area contributed by atoms with Gasteiger partial charge in [-0.05, 0) is 359 Å². The minimum absolute atomic E-state index is 0.0119. The van der Waals surface area contributed by atoms with Crippen molar-refractivity contribution in [3.05, 3.63) is 35.9 Å². The maximum Gasteiger partial charge on any atom is 0.304 e. The van der Waals surface area contributed by atoms with Crippen molar-refractivity contribution in [3.8, 4) is 0 Å². The minimum atomic E-state index is -0.862. The third-order valence-electron chi connectivity index (χ3n) is 35.3. The molecule has 17 fully saturated rings. The summed E-state index contributed by atoms with van der Waals surface area (Å²) in [6.45, 7) is 25.1. The van der Waals surface area contributed by atoms with Gasteiger partial charge in [0.05, 0.1) is 24.2 Å². The van der Waals surface area contributed by atoms with E-state index in [4.69, 9.17) is 10.8 Å². The fourth-order valence-corrected chi connectivity index (χ4v) is 25.2. The number of likely N-dealkylation sites (tertiary alicyclic amines) is 17. The van der Waals surface area contributed by atoms with Crippen LogP contribution in [0.2, 0.25) is 0 Å². The van der Waals surface area contributed by atoms with E-state index in [1.165, 1.54) is 19.3 Å². The molecule has 0 bridgehead atoms. The molecule has 0 radical (unpaired) electrons. The number of piperidine rings is 16. The van der Waals surface area contributed by atoms with Crippen molar-refractivity contribution in [2.24, 2.45) is 41.2 Å². The van der Waals surface area contributed by atoms with Gasteiger partial charge in [0.2, 0.25) is 70.9 Å². The van der Waals surface area contributed by atoms with Gasteiger partial charge in [0.15, 0.2) is 0 Å². The number of nitrogens with one attached hydrogen (secondary N) is 1. The van der Waals surface area contributed by atoms with Gasteiger partial charge in [-0.3, -0.25) is 62.3 Å². The highest BCUT2D eigenvalue weighted by Crippen LogP contribution is 2.37. The lowest BCUT2D eigenvalue weighted by molar-refractivity contribution is -0.150. The summed E-state index contributed by atoms with van der Waals surface area (Å²) < 4.78 is 0. The first-order chi connectivity index (χ1) is 71.3. The Balaban J connectivity index is 0.000000162. The monoisotopic (exact) mass is 2090 g/mol. The molecule has 0 aromatic heterocycles. The van der Waals surface area contributed by atoms with Gasteiger partial charge in [0.1, 0.15) is 0 Å². The topological polar surface area (TPSA) is 399 Å². The number of amides is 12. The number of carboxylic acids is 1. The number of nitrogens with zero attached hydrogens (tertiary/aromatic N) is 18. The maximum atomic E-state index is 12.9. The number of rotatable bonds is 20. The van der Waals surface area contributed by atoms with Crippen LogP contribution in [0, 0.1) is 35.5 Å². The lowest BCUT2D eigenvalue weighted by atomic mass is 9.85. The molecule has 1 aromatic rings. The van der Waals surface area contributed by atoms with Gasteiger partial charge in [-0.25, -0.2) is 0 Å². The molecule has 17 saturated heterocycles. The number of carboxylic acid groups (broad SMARTS) is 1. The summed E-state index contributed by atoms with van der Waals surface area (Å²) in [5, 5.41) is 40.7. The van der Waals surface area contributed by atoms with Crippen molar-refractivity contribution in [1.82, 2.24) is 93.5 Å². The smallest absolute Gasteiger partial charge is 0.304 e. The van der Waals surface area contributed by atoms with E-state index in [2.05, 4.69) is 116 Å². The minimum Gasteiger partial charge on any atom is -0.481 e. The summed E-state index contributed by atoms with van der Waals surface area (Å²) >= 11 is 0. The Morgan fingerprint density at radius 2 is 0.604 bits per heavy atom. The van der Waals surface area contributed by atoms with E-state index in [-0.39, 0.29) is 126 Å². The van der Waals surface area contributed by atoms with Gasteiger partial charge >= 0.3 is 5.97 Å². The molecule has 37 nitrogen and oxygen atoms in total. The number of hydrogen-bond acceptors (Lipinski definition) is 24. The fourth-order valence-electron chi connectivity index (χ4n) is 25.2. The van der Waals surface area contributed by atoms with Crippen molar-refractivity contribution in [2.75, 3.05) is 254 Å². The molecule has 7 N–H and O–H groups in total. The molecule has 0 saturated carbocycles. The van der Waals surface area contributed by atoms with Crippen molar-refractivity contribution in [1.29, 1.82) is 0 Å². The van der Waals surface area contributed by atoms with Crippen molar-refractivity contribution >= 4 is 76.9 Å². The van der Waals surface area contributed by atoms with Gasteiger partial charge in [-0.15, -0.1) is 0 Å². The van der Waals surface area contributed by atoms with Gasteiger partial charge < -0.3 is 120 Å². The Morgan fingerprint density at radius 1 is 0.329 bits per heavy atom. The molecular weight excluding hydrogens is 1900 g/mol. The zero-order valence-electron chi connectivity index (χ0n) is 92.9. The van der Waals surface area contributed by atoms with E-state index >= 15 is 0 Å². The highest BCUT2D eigenvalue weighted by atomic mass is 16.4. The number of aliphatic hydroxyl groups is 3.